The summed E-state index contributed by atoms with van der Waals surface area (Å²) in [5, 5.41) is 7.62. The molecule has 3 aromatic rings. The Morgan fingerprint density at radius 3 is 2.67 bits per heavy atom. The standard InChI is InChI=1S/C19H19N5O5S/c1-12(25)13-5-4-6-14(9-13)23-30(27,28)15-10-16(20-11-15)17-21-22-18(29-17)19(26)24-7-2-3-8-24/h4-6,9-11,20,23H,2-3,7-8H2,1H3. The molecule has 1 aromatic carbocycles. The molecule has 1 fully saturated rings. The number of carbonyl (C=O) groups is 2. The molecular weight excluding hydrogens is 410 g/mol. The Bertz CT molecular complexity index is 1210. The number of aromatic nitrogens is 3. The Labute approximate surface area is 172 Å². The largest absolute Gasteiger partial charge is 0.411 e. The molecule has 10 nitrogen and oxygen atoms in total. The third kappa shape index (κ3) is 3.96. The quantitative estimate of drug-likeness (QED) is 0.573. The highest BCUT2D eigenvalue weighted by molar-refractivity contribution is 7.92. The monoisotopic (exact) mass is 429 g/mol. The molecule has 156 valence electrons. The van der Waals surface area contributed by atoms with Gasteiger partial charge in [0.15, 0.2) is 5.78 Å². The van der Waals surface area contributed by atoms with E-state index >= 15 is 0 Å². The number of carbonyl (C=O) groups excluding carboxylic acids is 2. The number of hydrogen-bond acceptors (Lipinski definition) is 7. The summed E-state index contributed by atoms with van der Waals surface area (Å²) in [4.78, 5) is 28.2. The number of hydrogen-bond donors (Lipinski definition) is 2. The number of nitrogens with one attached hydrogen (secondary N) is 2. The number of Topliss-reactive ketones (excluding diaryl/α,β-unsaturated/α-hetero) is 1. The van der Waals surface area contributed by atoms with Crippen LogP contribution in [0.3, 0.4) is 0 Å². The van der Waals surface area contributed by atoms with E-state index in [0.29, 0.717) is 18.7 Å². The number of benzene rings is 1. The number of ketones is 1. The Hall–Kier alpha value is -3.47. The van der Waals surface area contributed by atoms with E-state index in [-0.39, 0.29) is 39.7 Å². The van der Waals surface area contributed by atoms with Gasteiger partial charge in [0.25, 0.3) is 15.9 Å². The third-order valence-electron chi connectivity index (χ3n) is 4.72. The van der Waals surface area contributed by atoms with Crippen LogP contribution >= 0.6 is 0 Å². The van der Waals surface area contributed by atoms with E-state index in [0.717, 1.165) is 12.8 Å². The second-order valence-electron chi connectivity index (χ2n) is 6.90. The average molecular weight is 429 g/mol. The molecule has 0 spiro atoms. The number of sulfonamides is 1. The molecule has 2 N–H and O–H groups in total. The second kappa shape index (κ2) is 7.75. The van der Waals surface area contributed by atoms with Crippen molar-refractivity contribution in [2.75, 3.05) is 17.8 Å². The summed E-state index contributed by atoms with van der Waals surface area (Å²) in [7, 11) is -3.92. The van der Waals surface area contributed by atoms with Crippen molar-refractivity contribution in [3.8, 4) is 11.6 Å². The molecule has 0 unspecified atom stereocenters. The van der Waals surface area contributed by atoms with Crippen molar-refractivity contribution in [2.24, 2.45) is 0 Å². The molecule has 0 aliphatic carbocycles. The topological polar surface area (TPSA) is 138 Å². The van der Waals surface area contributed by atoms with Gasteiger partial charge in [0.1, 0.15) is 10.6 Å². The molecule has 1 aliphatic heterocycles. The predicted molar refractivity (Wildman–Crippen MR) is 106 cm³/mol. The lowest BCUT2D eigenvalue weighted by Crippen LogP contribution is -2.27. The fraction of sp³-hybridized carbons (Fsp3) is 0.263. The fourth-order valence-electron chi connectivity index (χ4n) is 3.14. The highest BCUT2D eigenvalue weighted by atomic mass is 32.2. The average Bonchev–Trinajstić information content (AvgIpc) is 3.48. The summed E-state index contributed by atoms with van der Waals surface area (Å²) in [6, 6.07) is 7.53. The molecule has 1 aliphatic rings. The van der Waals surface area contributed by atoms with Crippen molar-refractivity contribution in [3.05, 3.63) is 48.0 Å². The maximum Gasteiger partial charge on any atom is 0.311 e. The minimum absolute atomic E-state index is 0.0116. The molecule has 0 radical (unpaired) electrons. The van der Waals surface area contributed by atoms with Gasteiger partial charge in [0.2, 0.25) is 0 Å². The van der Waals surface area contributed by atoms with E-state index in [9.17, 15) is 18.0 Å². The van der Waals surface area contributed by atoms with Gasteiger partial charge in [0.05, 0.1) is 0 Å². The van der Waals surface area contributed by atoms with E-state index in [1.165, 1.54) is 25.3 Å². The zero-order chi connectivity index (χ0) is 21.3. The van der Waals surface area contributed by atoms with Gasteiger partial charge in [-0.25, -0.2) is 8.42 Å². The van der Waals surface area contributed by atoms with Crippen molar-refractivity contribution in [1.29, 1.82) is 0 Å². The van der Waals surface area contributed by atoms with E-state index in [4.69, 9.17) is 4.42 Å². The maximum absolute atomic E-state index is 12.7. The van der Waals surface area contributed by atoms with E-state index in [1.54, 1.807) is 23.1 Å². The molecule has 1 saturated heterocycles. The summed E-state index contributed by atoms with van der Waals surface area (Å²) in [5.74, 6) is -0.629. The van der Waals surface area contributed by atoms with Crippen molar-refractivity contribution in [3.63, 3.8) is 0 Å². The van der Waals surface area contributed by atoms with Crippen LogP contribution in [0.5, 0.6) is 0 Å². The molecule has 4 rings (SSSR count). The Kier molecular flexibility index (Phi) is 5.12. The molecule has 0 bridgehead atoms. The van der Waals surface area contributed by atoms with Crippen molar-refractivity contribution in [2.45, 2.75) is 24.7 Å². The Morgan fingerprint density at radius 1 is 1.17 bits per heavy atom. The lowest BCUT2D eigenvalue weighted by Gasteiger charge is -2.11. The smallest absolute Gasteiger partial charge is 0.311 e. The third-order valence-corrected chi connectivity index (χ3v) is 6.08. The van der Waals surface area contributed by atoms with Gasteiger partial charge >= 0.3 is 11.8 Å². The van der Waals surface area contributed by atoms with Crippen LogP contribution in [0.4, 0.5) is 5.69 Å². The first-order valence-electron chi connectivity index (χ1n) is 9.29. The normalized spacial score (nSPS) is 14.1. The molecule has 0 saturated carbocycles. The molecule has 0 atom stereocenters. The van der Waals surface area contributed by atoms with Crippen molar-refractivity contribution >= 4 is 27.4 Å². The highest BCUT2D eigenvalue weighted by Crippen LogP contribution is 2.23. The van der Waals surface area contributed by atoms with E-state index < -0.39 is 10.0 Å². The second-order valence-corrected chi connectivity index (χ2v) is 8.59. The molecular formula is C19H19N5O5S. The van der Waals surface area contributed by atoms with Crippen LogP contribution in [0.1, 0.15) is 40.8 Å². The van der Waals surface area contributed by atoms with E-state index in [2.05, 4.69) is 19.9 Å². The summed E-state index contributed by atoms with van der Waals surface area (Å²) in [6.07, 6.45) is 3.15. The van der Waals surface area contributed by atoms with Crippen molar-refractivity contribution in [1.82, 2.24) is 20.1 Å². The van der Waals surface area contributed by atoms with Crippen LogP contribution < -0.4 is 4.72 Å². The first kappa shape index (κ1) is 19.8. The van der Waals surface area contributed by atoms with Gasteiger partial charge in [-0.2, -0.15) is 0 Å². The molecule has 30 heavy (non-hydrogen) atoms. The number of anilines is 1. The van der Waals surface area contributed by atoms with Gasteiger partial charge in [0, 0.05) is 30.5 Å². The Morgan fingerprint density at radius 2 is 1.93 bits per heavy atom. The molecule has 11 heteroatoms. The van der Waals surface area contributed by atoms with Crippen LogP contribution in [0.2, 0.25) is 0 Å². The zero-order valence-electron chi connectivity index (χ0n) is 16.1. The summed E-state index contributed by atoms with van der Waals surface area (Å²) >= 11 is 0. The number of likely N-dealkylation sites (tertiary alicyclic amines) is 1. The number of aromatic amines is 1. The lowest BCUT2D eigenvalue weighted by molar-refractivity contribution is 0.0753. The lowest BCUT2D eigenvalue weighted by atomic mass is 10.1. The highest BCUT2D eigenvalue weighted by Gasteiger charge is 2.26. The van der Waals surface area contributed by atoms with E-state index in [1.807, 2.05) is 0 Å². The number of nitrogens with zero attached hydrogens (tertiary/aromatic N) is 3. The van der Waals surface area contributed by atoms with Crippen molar-refractivity contribution < 1.29 is 22.4 Å². The first-order valence-corrected chi connectivity index (χ1v) is 10.8. The molecule has 2 aromatic heterocycles. The number of H-pyrrole nitrogens is 1. The van der Waals surface area contributed by atoms with Crippen LogP contribution in [0.15, 0.2) is 45.8 Å². The summed E-state index contributed by atoms with van der Waals surface area (Å²) in [6.45, 7) is 2.70. The predicted octanol–water partition coefficient (Wildman–Crippen LogP) is 2.30. The van der Waals surface area contributed by atoms with Crippen LogP contribution in [-0.2, 0) is 10.0 Å². The molecule has 1 amide bonds. The minimum Gasteiger partial charge on any atom is -0.411 e. The SMILES string of the molecule is CC(=O)c1cccc(NS(=O)(=O)c2c[nH]c(-c3nnc(C(=O)N4CCCC4)o3)c2)c1. The fourth-order valence-corrected chi connectivity index (χ4v) is 4.19. The minimum atomic E-state index is -3.92. The molecule has 3 heterocycles. The van der Waals surface area contributed by atoms with Gasteiger partial charge < -0.3 is 14.3 Å². The number of amides is 1. The van der Waals surface area contributed by atoms with Gasteiger partial charge in [-0.05, 0) is 38.0 Å². The zero-order valence-corrected chi connectivity index (χ0v) is 16.9. The van der Waals surface area contributed by atoms with Crippen LogP contribution in [0, 0.1) is 0 Å². The maximum atomic E-state index is 12.7. The van der Waals surface area contributed by atoms with Gasteiger partial charge in [-0.15, -0.1) is 10.2 Å². The van der Waals surface area contributed by atoms with Crippen LogP contribution in [-0.4, -0.2) is 53.3 Å². The first-order chi connectivity index (χ1) is 14.3. The van der Waals surface area contributed by atoms with Gasteiger partial charge in [-0.3, -0.25) is 14.3 Å². The Balaban J connectivity index is 1.53. The summed E-state index contributed by atoms with van der Waals surface area (Å²) in [5.41, 5.74) is 0.925. The number of rotatable bonds is 6. The van der Waals surface area contributed by atoms with Crippen LogP contribution in [0.25, 0.3) is 11.6 Å². The van der Waals surface area contributed by atoms with Gasteiger partial charge in [-0.1, -0.05) is 12.1 Å². The summed E-state index contributed by atoms with van der Waals surface area (Å²) < 4.78 is 33.2.